The number of hydrogen-bond acceptors (Lipinski definition) is 2. The molecule has 20 heavy (non-hydrogen) atoms. The van der Waals surface area contributed by atoms with Crippen LogP contribution < -0.4 is 5.32 Å². The maximum absolute atomic E-state index is 11.5. The number of carboxylic acids is 1. The lowest BCUT2D eigenvalue weighted by atomic mass is 9.56. The molecule has 0 heterocycles. The second-order valence-electron chi connectivity index (χ2n) is 5.50. The average Bonchev–Trinajstić information content (AvgIpc) is 2.40. The lowest BCUT2D eigenvalue weighted by molar-refractivity contribution is -0.157. The van der Waals surface area contributed by atoms with Crippen LogP contribution in [0.4, 0.5) is 0 Å². The van der Waals surface area contributed by atoms with E-state index in [-0.39, 0.29) is 11.8 Å². The Morgan fingerprint density at radius 3 is 2.40 bits per heavy atom. The smallest absolute Gasteiger partial charge is 0.310 e. The molecule has 0 radical (unpaired) electrons. The Morgan fingerprint density at radius 2 is 2.00 bits per heavy atom. The Labute approximate surface area is 119 Å². The highest BCUT2D eigenvalue weighted by molar-refractivity contribution is 5.78. The van der Waals surface area contributed by atoms with Crippen LogP contribution >= 0.6 is 0 Å². The number of likely N-dealkylation sites (N-methyl/N-ethyl adjacent to an activating group) is 1. The van der Waals surface area contributed by atoms with Crippen LogP contribution in [0.15, 0.2) is 24.3 Å². The number of carbonyl (C=O) groups excluding carboxylic acids is 1. The lowest BCUT2D eigenvalue weighted by Crippen LogP contribution is -2.44. The van der Waals surface area contributed by atoms with Gasteiger partial charge in [0.05, 0.1) is 11.8 Å². The summed E-state index contributed by atoms with van der Waals surface area (Å²) in [5, 5.41) is 12.1. The van der Waals surface area contributed by atoms with Crippen LogP contribution in [0.25, 0.3) is 0 Å². The number of aliphatic carboxylic acids is 1. The van der Waals surface area contributed by atoms with Crippen molar-refractivity contribution in [1.82, 2.24) is 5.32 Å². The zero-order valence-electron chi connectivity index (χ0n) is 12.0. The summed E-state index contributed by atoms with van der Waals surface area (Å²) in [6.45, 7) is 1.94. The van der Waals surface area contributed by atoms with Gasteiger partial charge in [0, 0.05) is 13.0 Å². The second kappa shape index (κ2) is 5.65. The Morgan fingerprint density at radius 1 is 1.35 bits per heavy atom. The number of nitrogens with one attached hydrogen (secondary N) is 1. The van der Waals surface area contributed by atoms with Gasteiger partial charge in [-0.3, -0.25) is 9.59 Å². The second-order valence-corrected chi connectivity index (χ2v) is 5.50. The van der Waals surface area contributed by atoms with Crippen molar-refractivity contribution in [3.63, 3.8) is 0 Å². The fourth-order valence-corrected chi connectivity index (χ4v) is 3.09. The molecule has 1 aromatic carbocycles. The molecular formula is C16H21NO3. The van der Waals surface area contributed by atoms with Crippen LogP contribution in [0, 0.1) is 5.41 Å². The van der Waals surface area contributed by atoms with Gasteiger partial charge in [-0.15, -0.1) is 0 Å². The molecule has 2 atom stereocenters. The third-order valence-electron chi connectivity index (χ3n) is 4.63. The van der Waals surface area contributed by atoms with E-state index >= 15 is 0 Å². The molecule has 1 aliphatic carbocycles. The molecule has 0 aromatic heterocycles. The zero-order chi connectivity index (χ0) is 14.8. The highest BCUT2D eigenvalue weighted by Crippen LogP contribution is 2.55. The van der Waals surface area contributed by atoms with Gasteiger partial charge in [-0.25, -0.2) is 0 Å². The van der Waals surface area contributed by atoms with Crippen LogP contribution in [0.5, 0.6) is 0 Å². The van der Waals surface area contributed by atoms with E-state index in [0.717, 1.165) is 24.0 Å². The van der Waals surface area contributed by atoms with E-state index in [9.17, 15) is 14.7 Å². The minimum atomic E-state index is -0.689. The molecule has 1 aromatic rings. The summed E-state index contributed by atoms with van der Waals surface area (Å²) in [5.74, 6) is -0.612. The third kappa shape index (κ3) is 2.42. The van der Waals surface area contributed by atoms with Gasteiger partial charge in [-0.1, -0.05) is 31.2 Å². The van der Waals surface area contributed by atoms with Crippen LogP contribution in [0.1, 0.15) is 43.2 Å². The summed E-state index contributed by atoms with van der Waals surface area (Å²) in [6.07, 6.45) is 2.70. The number of carboxylic acid groups (broad SMARTS) is 1. The number of hydrogen-bond donors (Lipinski definition) is 2. The van der Waals surface area contributed by atoms with Gasteiger partial charge >= 0.3 is 5.97 Å². The van der Waals surface area contributed by atoms with Crippen LogP contribution in [0.3, 0.4) is 0 Å². The normalized spacial score (nSPS) is 24.8. The van der Waals surface area contributed by atoms with Crippen molar-refractivity contribution in [3.8, 4) is 0 Å². The first-order chi connectivity index (χ1) is 9.53. The summed E-state index contributed by atoms with van der Waals surface area (Å²) in [4.78, 5) is 22.8. The molecule has 0 spiro atoms. The maximum atomic E-state index is 11.5. The number of carbonyl (C=O) groups is 2. The molecule has 0 bridgehead atoms. The van der Waals surface area contributed by atoms with E-state index in [2.05, 4.69) is 5.32 Å². The first-order valence-electron chi connectivity index (χ1n) is 7.06. The molecule has 1 saturated carbocycles. The lowest BCUT2D eigenvalue weighted by Gasteiger charge is -2.46. The van der Waals surface area contributed by atoms with Gasteiger partial charge in [0.15, 0.2) is 0 Å². The molecule has 4 nitrogen and oxygen atoms in total. The summed E-state index contributed by atoms with van der Waals surface area (Å²) in [7, 11) is 1.62. The van der Waals surface area contributed by atoms with Crippen molar-refractivity contribution in [1.29, 1.82) is 0 Å². The molecule has 0 aliphatic heterocycles. The number of amides is 1. The first-order valence-corrected chi connectivity index (χ1v) is 7.06. The first kappa shape index (κ1) is 14.6. The van der Waals surface area contributed by atoms with Crippen molar-refractivity contribution in [2.24, 2.45) is 5.41 Å². The SMILES string of the molecule is CCC1(C(=O)O)CCC1c1ccc(CC(=O)NC)cc1. The van der Waals surface area contributed by atoms with Crippen LogP contribution in [-0.2, 0) is 16.0 Å². The summed E-state index contributed by atoms with van der Waals surface area (Å²) < 4.78 is 0. The fraction of sp³-hybridized carbons (Fsp3) is 0.500. The van der Waals surface area contributed by atoms with E-state index in [0.29, 0.717) is 12.8 Å². The predicted octanol–water partition coefficient (Wildman–Crippen LogP) is 2.33. The van der Waals surface area contributed by atoms with Crippen LogP contribution in [-0.4, -0.2) is 24.0 Å². The van der Waals surface area contributed by atoms with Crippen LogP contribution in [0.2, 0.25) is 0 Å². The van der Waals surface area contributed by atoms with Gasteiger partial charge in [0.1, 0.15) is 0 Å². The quantitative estimate of drug-likeness (QED) is 0.866. The summed E-state index contributed by atoms with van der Waals surface area (Å²) in [6, 6.07) is 7.78. The molecule has 0 saturated heterocycles. The van der Waals surface area contributed by atoms with Gasteiger partial charge < -0.3 is 10.4 Å². The summed E-state index contributed by atoms with van der Waals surface area (Å²) >= 11 is 0. The van der Waals surface area contributed by atoms with Crippen molar-refractivity contribution >= 4 is 11.9 Å². The van der Waals surface area contributed by atoms with E-state index in [1.807, 2.05) is 31.2 Å². The Balaban J connectivity index is 2.14. The topological polar surface area (TPSA) is 66.4 Å². The number of rotatable bonds is 5. The van der Waals surface area contributed by atoms with Gasteiger partial charge in [-0.05, 0) is 30.4 Å². The molecule has 2 N–H and O–H groups in total. The zero-order valence-corrected chi connectivity index (χ0v) is 12.0. The van der Waals surface area contributed by atoms with Crippen molar-refractivity contribution < 1.29 is 14.7 Å². The average molecular weight is 275 g/mol. The van der Waals surface area contributed by atoms with E-state index in [1.165, 1.54) is 0 Å². The molecule has 1 aliphatic rings. The minimum absolute atomic E-state index is 0.0187. The number of benzene rings is 1. The molecule has 1 amide bonds. The molecule has 108 valence electrons. The Hall–Kier alpha value is -1.84. The Bertz CT molecular complexity index is 505. The highest BCUT2D eigenvalue weighted by atomic mass is 16.4. The summed E-state index contributed by atoms with van der Waals surface area (Å²) in [5.41, 5.74) is 1.42. The van der Waals surface area contributed by atoms with Gasteiger partial charge in [-0.2, -0.15) is 0 Å². The maximum Gasteiger partial charge on any atom is 0.310 e. The van der Waals surface area contributed by atoms with Crippen molar-refractivity contribution in [2.75, 3.05) is 7.05 Å². The fourth-order valence-electron chi connectivity index (χ4n) is 3.09. The van der Waals surface area contributed by atoms with Gasteiger partial charge in [0.25, 0.3) is 0 Å². The monoisotopic (exact) mass is 275 g/mol. The van der Waals surface area contributed by atoms with Crippen molar-refractivity contribution in [3.05, 3.63) is 35.4 Å². The molecule has 4 heteroatoms. The highest BCUT2D eigenvalue weighted by Gasteiger charge is 2.51. The molecule has 2 rings (SSSR count). The molecular weight excluding hydrogens is 254 g/mol. The van der Waals surface area contributed by atoms with Crippen molar-refractivity contribution in [2.45, 2.75) is 38.5 Å². The largest absolute Gasteiger partial charge is 0.481 e. The van der Waals surface area contributed by atoms with E-state index < -0.39 is 11.4 Å². The molecule has 1 fully saturated rings. The molecule has 2 unspecified atom stereocenters. The van der Waals surface area contributed by atoms with Gasteiger partial charge in [0.2, 0.25) is 5.91 Å². The van der Waals surface area contributed by atoms with E-state index in [1.54, 1.807) is 7.05 Å². The van der Waals surface area contributed by atoms with E-state index in [4.69, 9.17) is 0 Å². The Kier molecular flexibility index (Phi) is 4.12. The third-order valence-corrected chi connectivity index (χ3v) is 4.63. The predicted molar refractivity (Wildman–Crippen MR) is 76.5 cm³/mol. The standard InChI is InChI=1S/C16H21NO3/c1-3-16(15(19)20)9-8-13(16)12-6-4-11(5-7-12)10-14(18)17-2/h4-7,13H,3,8-10H2,1-2H3,(H,17,18)(H,19,20). The minimum Gasteiger partial charge on any atom is -0.481 e.